The minimum Gasteiger partial charge on any atom is -0.378 e. The van der Waals surface area contributed by atoms with E-state index in [9.17, 15) is 4.79 Å². The molecule has 0 saturated carbocycles. The Morgan fingerprint density at radius 2 is 1.79 bits per heavy atom. The maximum Gasteiger partial charge on any atom is 0.240 e. The molecule has 0 N–H and O–H groups in total. The second kappa shape index (κ2) is 5.53. The molecular formula is C14H17N3O2. The quantitative estimate of drug-likeness (QED) is 0.604. The predicted octanol–water partition coefficient (Wildman–Crippen LogP) is 1.17. The first-order chi connectivity index (χ1) is 9.36. The van der Waals surface area contributed by atoms with Crippen LogP contribution in [0.2, 0.25) is 0 Å². The fourth-order valence-corrected chi connectivity index (χ4v) is 2.57. The van der Waals surface area contributed by atoms with E-state index in [-0.39, 0.29) is 0 Å². The van der Waals surface area contributed by atoms with Crippen LogP contribution in [0.1, 0.15) is 0 Å². The number of aliphatic imine (C=N–C) groups is 1. The van der Waals surface area contributed by atoms with Gasteiger partial charge in [-0.1, -0.05) is 0 Å². The minimum absolute atomic E-state index is 0.631. The topological polar surface area (TPSA) is 45.1 Å². The molecule has 2 saturated heterocycles. The monoisotopic (exact) mass is 259 g/mol. The Labute approximate surface area is 112 Å². The van der Waals surface area contributed by atoms with Gasteiger partial charge >= 0.3 is 0 Å². The van der Waals surface area contributed by atoms with Crippen molar-refractivity contribution in [3.05, 3.63) is 24.3 Å². The van der Waals surface area contributed by atoms with Crippen molar-refractivity contribution < 1.29 is 9.53 Å². The molecule has 1 aromatic carbocycles. The number of anilines is 1. The van der Waals surface area contributed by atoms with Crippen LogP contribution in [0.25, 0.3) is 0 Å². The molecule has 100 valence electrons. The van der Waals surface area contributed by atoms with Crippen molar-refractivity contribution in [2.24, 2.45) is 4.99 Å². The van der Waals surface area contributed by atoms with Crippen molar-refractivity contribution >= 4 is 17.5 Å². The second-order valence-corrected chi connectivity index (χ2v) is 4.93. The van der Waals surface area contributed by atoms with Crippen molar-refractivity contribution in [3.8, 4) is 0 Å². The van der Waals surface area contributed by atoms with Crippen molar-refractivity contribution in [1.29, 1.82) is 0 Å². The molecule has 2 heterocycles. The lowest BCUT2D eigenvalue weighted by atomic mass is 10.1. The smallest absolute Gasteiger partial charge is 0.240 e. The molecular weight excluding hydrogens is 242 g/mol. The Kier molecular flexibility index (Phi) is 3.60. The van der Waals surface area contributed by atoms with Gasteiger partial charge in [-0.05, 0) is 24.3 Å². The van der Waals surface area contributed by atoms with Crippen molar-refractivity contribution in [3.63, 3.8) is 0 Å². The number of ether oxygens (including phenoxy) is 1. The zero-order valence-electron chi connectivity index (χ0n) is 10.8. The summed E-state index contributed by atoms with van der Waals surface area (Å²) in [6, 6.07) is 8.36. The highest BCUT2D eigenvalue weighted by molar-refractivity contribution is 5.56. The first-order valence-corrected chi connectivity index (χ1v) is 6.61. The predicted molar refractivity (Wildman–Crippen MR) is 72.6 cm³/mol. The van der Waals surface area contributed by atoms with Crippen LogP contribution in [0.5, 0.6) is 0 Å². The Morgan fingerprint density at radius 3 is 2.32 bits per heavy atom. The summed E-state index contributed by atoms with van der Waals surface area (Å²) in [6.45, 7) is 6.01. The molecule has 19 heavy (non-hydrogen) atoms. The summed E-state index contributed by atoms with van der Waals surface area (Å²) in [7, 11) is 0. The summed E-state index contributed by atoms with van der Waals surface area (Å²) in [5.74, 6) is 0. The standard InChI is InChI=1S/C14H17N3O2/c18-11-15-12-1-3-13(4-2-12)16-5-7-17(8-6-16)14-9-19-10-14/h1-4,14H,5-10H2. The van der Waals surface area contributed by atoms with Gasteiger partial charge in [-0.2, -0.15) is 4.99 Å². The van der Waals surface area contributed by atoms with Gasteiger partial charge in [-0.15, -0.1) is 0 Å². The summed E-state index contributed by atoms with van der Waals surface area (Å²) in [4.78, 5) is 18.6. The van der Waals surface area contributed by atoms with E-state index in [0.29, 0.717) is 11.7 Å². The van der Waals surface area contributed by atoms with Crippen LogP contribution in [0, 0.1) is 0 Å². The molecule has 0 atom stereocenters. The Balaban J connectivity index is 1.59. The number of hydrogen-bond acceptors (Lipinski definition) is 5. The van der Waals surface area contributed by atoms with Crippen LogP contribution in [-0.4, -0.2) is 56.4 Å². The van der Waals surface area contributed by atoms with Crippen LogP contribution in [-0.2, 0) is 9.53 Å². The molecule has 3 rings (SSSR count). The van der Waals surface area contributed by atoms with Crippen molar-refractivity contribution in [2.45, 2.75) is 6.04 Å². The molecule has 0 aliphatic carbocycles. The molecule has 1 aromatic rings. The number of hydrogen-bond donors (Lipinski definition) is 0. The SMILES string of the molecule is O=C=Nc1ccc(N2CCN(C3COC3)CC2)cc1. The number of nitrogens with zero attached hydrogens (tertiary/aromatic N) is 3. The summed E-state index contributed by atoms with van der Waals surface area (Å²) in [6.07, 6.45) is 1.56. The van der Waals surface area contributed by atoms with Crippen LogP contribution >= 0.6 is 0 Å². The Morgan fingerprint density at radius 1 is 1.11 bits per heavy atom. The van der Waals surface area contributed by atoms with Gasteiger partial charge in [0.15, 0.2) is 0 Å². The van der Waals surface area contributed by atoms with E-state index in [1.165, 1.54) is 5.69 Å². The van der Waals surface area contributed by atoms with Crippen LogP contribution in [0.4, 0.5) is 11.4 Å². The maximum absolute atomic E-state index is 10.2. The summed E-state index contributed by atoms with van der Waals surface area (Å²) in [5, 5.41) is 0. The Hall–Kier alpha value is -1.68. The van der Waals surface area contributed by atoms with E-state index >= 15 is 0 Å². The minimum atomic E-state index is 0.631. The van der Waals surface area contributed by atoms with E-state index in [4.69, 9.17) is 4.74 Å². The summed E-state index contributed by atoms with van der Waals surface area (Å²) < 4.78 is 5.24. The second-order valence-electron chi connectivity index (χ2n) is 4.93. The normalized spacial score (nSPS) is 20.7. The third-order valence-corrected chi connectivity index (χ3v) is 3.84. The Bertz CT molecular complexity index is 470. The van der Waals surface area contributed by atoms with Crippen LogP contribution in [0.3, 0.4) is 0 Å². The number of isocyanates is 1. The van der Waals surface area contributed by atoms with E-state index in [0.717, 1.165) is 39.4 Å². The molecule has 5 heteroatoms. The summed E-state index contributed by atoms with van der Waals surface area (Å²) >= 11 is 0. The van der Waals surface area contributed by atoms with Gasteiger partial charge in [-0.25, -0.2) is 4.79 Å². The van der Waals surface area contributed by atoms with Crippen molar-refractivity contribution in [2.75, 3.05) is 44.3 Å². The van der Waals surface area contributed by atoms with Gasteiger partial charge in [0.2, 0.25) is 6.08 Å². The van der Waals surface area contributed by atoms with Gasteiger partial charge in [0, 0.05) is 31.9 Å². The number of carbonyl (C=O) groups excluding carboxylic acids is 1. The number of rotatable bonds is 3. The molecule has 0 radical (unpaired) electrons. The van der Waals surface area contributed by atoms with Crippen LogP contribution in [0.15, 0.2) is 29.3 Å². The van der Waals surface area contributed by atoms with Gasteiger partial charge in [0.1, 0.15) is 0 Å². The van der Waals surface area contributed by atoms with Crippen molar-refractivity contribution in [1.82, 2.24) is 4.90 Å². The third kappa shape index (κ3) is 2.68. The lowest BCUT2D eigenvalue weighted by Crippen LogP contribution is -2.56. The highest BCUT2D eigenvalue weighted by atomic mass is 16.5. The summed E-state index contributed by atoms with van der Waals surface area (Å²) in [5.41, 5.74) is 1.85. The van der Waals surface area contributed by atoms with E-state index in [1.807, 2.05) is 24.3 Å². The first kappa shape index (κ1) is 12.4. The molecule has 0 unspecified atom stereocenters. The molecule has 2 aliphatic heterocycles. The zero-order valence-corrected chi connectivity index (χ0v) is 10.8. The average molecular weight is 259 g/mol. The first-order valence-electron chi connectivity index (χ1n) is 6.61. The van der Waals surface area contributed by atoms with Gasteiger partial charge in [-0.3, -0.25) is 4.90 Å². The fraction of sp³-hybridized carbons (Fsp3) is 0.500. The number of piperazine rings is 1. The van der Waals surface area contributed by atoms with Gasteiger partial charge in [0.05, 0.1) is 24.9 Å². The lowest BCUT2D eigenvalue weighted by molar-refractivity contribution is -0.0660. The van der Waals surface area contributed by atoms with Gasteiger partial charge in [0.25, 0.3) is 0 Å². The molecule has 0 spiro atoms. The highest BCUT2D eigenvalue weighted by Crippen LogP contribution is 2.22. The van der Waals surface area contributed by atoms with E-state index in [2.05, 4.69) is 14.8 Å². The molecule has 2 fully saturated rings. The third-order valence-electron chi connectivity index (χ3n) is 3.84. The fourth-order valence-electron chi connectivity index (χ4n) is 2.57. The highest BCUT2D eigenvalue weighted by Gasteiger charge is 2.28. The molecule has 0 amide bonds. The average Bonchev–Trinajstić information content (AvgIpc) is 2.39. The zero-order chi connectivity index (χ0) is 13.1. The van der Waals surface area contributed by atoms with Crippen LogP contribution < -0.4 is 4.90 Å². The molecule has 5 nitrogen and oxygen atoms in total. The lowest BCUT2D eigenvalue weighted by Gasteiger charge is -2.43. The molecule has 0 aromatic heterocycles. The van der Waals surface area contributed by atoms with Gasteiger partial charge < -0.3 is 9.64 Å². The van der Waals surface area contributed by atoms with E-state index in [1.54, 1.807) is 6.08 Å². The number of benzene rings is 1. The largest absolute Gasteiger partial charge is 0.378 e. The van der Waals surface area contributed by atoms with E-state index < -0.39 is 0 Å². The molecule has 2 aliphatic rings. The molecule has 0 bridgehead atoms. The maximum atomic E-state index is 10.2.